The maximum Gasteiger partial charge on any atom is 0.335 e. The van der Waals surface area contributed by atoms with Crippen LogP contribution in [0.1, 0.15) is 6.92 Å². The van der Waals surface area contributed by atoms with Gasteiger partial charge < -0.3 is 55.3 Å². The molecular weight excluding hydrogens is 374 g/mol. The first-order chi connectivity index (χ1) is 12.6. The highest BCUT2D eigenvalue weighted by atomic mass is 16.7. The zero-order valence-electron chi connectivity index (χ0n) is 14.2. The third-order valence-corrected chi connectivity index (χ3v) is 4.35. The van der Waals surface area contributed by atoms with Gasteiger partial charge in [-0.3, -0.25) is 4.79 Å². The van der Waals surface area contributed by atoms with Crippen LogP contribution in [0.5, 0.6) is 0 Å². The Kier molecular flexibility index (Phi) is 7.07. The molecule has 0 spiro atoms. The Labute approximate surface area is 152 Å². The van der Waals surface area contributed by atoms with Crippen LogP contribution < -0.4 is 5.32 Å². The Balaban J connectivity index is 2.20. The van der Waals surface area contributed by atoms with E-state index < -0.39 is 79.8 Å². The van der Waals surface area contributed by atoms with Gasteiger partial charge in [-0.2, -0.15) is 0 Å². The van der Waals surface area contributed by atoms with Crippen molar-refractivity contribution in [3.05, 3.63) is 0 Å². The summed E-state index contributed by atoms with van der Waals surface area (Å²) >= 11 is 0. The molecule has 2 aliphatic heterocycles. The summed E-state index contributed by atoms with van der Waals surface area (Å²) in [6.45, 7) is 0.374. The van der Waals surface area contributed by atoms with Gasteiger partial charge in [-0.15, -0.1) is 0 Å². The summed E-state index contributed by atoms with van der Waals surface area (Å²) in [4.78, 5) is 22.4. The smallest absolute Gasteiger partial charge is 0.335 e. The number of hydrogen-bond acceptors (Lipinski definition) is 11. The van der Waals surface area contributed by atoms with Crippen molar-refractivity contribution < 1.29 is 59.5 Å². The van der Waals surface area contributed by atoms with Gasteiger partial charge in [-0.25, -0.2) is 4.79 Å². The summed E-state index contributed by atoms with van der Waals surface area (Å²) in [6.07, 6.45) is -15.7. The van der Waals surface area contributed by atoms with Crippen molar-refractivity contribution in [2.24, 2.45) is 0 Å². The molecule has 2 fully saturated rings. The molecule has 0 saturated carbocycles. The van der Waals surface area contributed by atoms with E-state index in [4.69, 9.17) is 19.3 Å². The molecule has 2 saturated heterocycles. The predicted octanol–water partition coefficient (Wildman–Crippen LogP) is -5.16. The van der Waals surface area contributed by atoms with Crippen LogP contribution in [0, 0.1) is 0 Å². The second-order valence-electron chi connectivity index (χ2n) is 6.30. The average Bonchev–Trinajstić information content (AvgIpc) is 2.60. The molecule has 0 aromatic rings. The first-order valence-electron chi connectivity index (χ1n) is 8.06. The Morgan fingerprint density at radius 1 is 1.00 bits per heavy atom. The number of carboxylic acids is 1. The van der Waals surface area contributed by atoms with Gasteiger partial charge in [0.05, 0.1) is 6.61 Å². The molecule has 0 aromatic heterocycles. The third-order valence-electron chi connectivity index (χ3n) is 4.35. The van der Waals surface area contributed by atoms with Crippen LogP contribution in [0.3, 0.4) is 0 Å². The minimum Gasteiger partial charge on any atom is -0.479 e. The molecular formula is C14H23NO12. The van der Waals surface area contributed by atoms with E-state index in [2.05, 4.69) is 5.32 Å². The van der Waals surface area contributed by atoms with E-state index in [1.54, 1.807) is 0 Å². The van der Waals surface area contributed by atoms with Crippen molar-refractivity contribution in [3.8, 4) is 0 Å². The van der Waals surface area contributed by atoms with Crippen molar-refractivity contribution in [2.45, 2.75) is 68.3 Å². The summed E-state index contributed by atoms with van der Waals surface area (Å²) in [5.41, 5.74) is 0. The number of amides is 1. The van der Waals surface area contributed by atoms with E-state index in [0.29, 0.717) is 0 Å². The molecule has 0 radical (unpaired) electrons. The fraction of sp³-hybridized carbons (Fsp3) is 0.857. The maximum atomic E-state index is 11.2. The molecule has 2 aliphatic rings. The van der Waals surface area contributed by atoms with Crippen molar-refractivity contribution in [1.82, 2.24) is 5.32 Å². The monoisotopic (exact) mass is 397 g/mol. The maximum absolute atomic E-state index is 11.2. The van der Waals surface area contributed by atoms with E-state index in [1.165, 1.54) is 0 Å². The second kappa shape index (κ2) is 8.72. The number of hydrogen-bond donors (Lipinski definition) is 8. The molecule has 10 atom stereocenters. The number of rotatable bonds is 5. The lowest BCUT2D eigenvalue weighted by molar-refractivity contribution is -0.340. The zero-order valence-corrected chi connectivity index (χ0v) is 14.2. The van der Waals surface area contributed by atoms with E-state index in [9.17, 15) is 40.2 Å². The number of carboxylic acid groups (broad SMARTS) is 1. The molecule has 1 unspecified atom stereocenters. The number of aliphatic hydroxyl groups is 6. The lowest BCUT2D eigenvalue weighted by Gasteiger charge is -2.45. The van der Waals surface area contributed by atoms with Gasteiger partial charge in [0.2, 0.25) is 5.91 Å². The average molecular weight is 397 g/mol. The van der Waals surface area contributed by atoms with E-state index in [1.807, 2.05) is 0 Å². The second-order valence-corrected chi connectivity index (χ2v) is 6.30. The Bertz CT molecular complexity index is 546. The Morgan fingerprint density at radius 3 is 2.15 bits per heavy atom. The molecule has 2 heterocycles. The van der Waals surface area contributed by atoms with Gasteiger partial charge >= 0.3 is 5.97 Å². The largest absolute Gasteiger partial charge is 0.479 e. The minimum absolute atomic E-state index is 0.610. The summed E-state index contributed by atoms with van der Waals surface area (Å²) in [6, 6.07) is -1.36. The third kappa shape index (κ3) is 4.53. The number of aliphatic carboxylic acids is 1. The van der Waals surface area contributed by atoms with Crippen LogP contribution in [0.2, 0.25) is 0 Å². The highest BCUT2D eigenvalue weighted by Crippen LogP contribution is 2.28. The minimum atomic E-state index is -1.94. The van der Waals surface area contributed by atoms with E-state index >= 15 is 0 Å². The van der Waals surface area contributed by atoms with Crippen molar-refractivity contribution in [3.63, 3.8) is 0 Å². The summed E-state index contributed by atoms with van der Waals surface area (Å²) in [5.74, 6) is -2.24. The molecule has 0 bridgehead atoms. The standard InChI is InChI=1S/C14H23NO12/c1-3(17)15-5-6(18)10(4(2-16)25-13(5)24)26-14-9(21)7(19)8(20)11(27-14)12(22)23/h4-11,13-14,16,18-21,24H,2H2,1H3,(H,15,17)(H,22,23)/t4-,5-,6-,7+,8+,9-,10-,11-,13?,14-/m1/s1. The number of aliphatic hydroxyl groups excluding tert-OH is 6. The number of nitrogens with one attached hydrogen (secondary N) is 1. The summed E-state index contributed by atoms with van der Waals surface area (Å²) < 4.78 is 15.3. The molecule has 8 N–H and O–H groups in total. The van der Waals surface area contributed by atoms with E-state index in [0.717, 1.165) is 6.92 Å². The van der Waals surface area contributed by atoms with Gasteiger partial charge in [0, 0.05) is 6.92 Å². The normalized spacial score (nSPS) is 45.3. The van der Waals surface area contributed by atoms with Gasteiger partial charge in [0.15, 0.2) is 18.7 Å². The van der Waals surface area contributed by atoms with Crippen molar-refractivity contribution in [1.29, 1.82) is 0 Å². The lowest BCUT2D eigenvalue weighted by Crippen LogP contribution is -2.67. The van der Waals surface area contributed by atoms with Gasteiger partial charge in [0.1, 0.15) is 42.7 Å². The highest BCUT2D eigenvalue weighted by Gasteiger charge is 2.52. The highest BCUT2D eigenvalue weighted by molar-refractivity contribution is 5.73. The van der Waals surface area contributed by atoms with Gasteiger partial charge in [-0.1, -0.05) is 0 Å². The zero-order chi connectivity index (χ0) is 20.5. The molecule has 156 valence electrons. The SMILES string of the molecule is CC(=O)N[C@H]1C(O)O[C@H](CO)[C@@H](O[C@@H]2O[C@@H](C(=O)O)[C@@H](O)[C@H](O)[C@H]2O)[C@@H]1O. The van der Waals surface area contributed by atoms with Crippen LogP contribution in [0.25, 0.3) is 0 Å². The van der Waals surface area contributed by atoms with E-state index in [-0.39, 0.29) is 0 Å². The molecule has 0 aliphatic carbocycles. The Hall–Kier alpha value is -1.42. The molecule has 13 nitrogen and oxygen atoms in total. The molecule has 13 heteroatoms. The lowest BCUT2D eigenvalue weighted by atomic mass is 9.95. The van der Waals surface area contributed by atoms with Gasteiger partial charge in [0.25, 0.3) is 0 Å². The number of carbonyl (C=O) groups is 2. The first kappa shape index (κ1) is 21.9. The van der Waals surface area contributed by atoms with Crippen molar-refractivity contribution >= 4 is 11.9 Å². The first-order valence-corrected chi connectivity index (χ1v) is 8.06. The van der Waals surface area contributed by atoms with Crippen LogP contribution in [0.15, 0.2) is 0 Å². The summed E-state index contributed by atoms with van der Waals surface area (Å²) in [5, 5.41) is 70.4. The number of ether oxygens (including phenoxy) is 3. The molecule has 27 heavy (non-hydrogen) atoms. The van der Waals surface area contributed by atoms with Crippen LogP contribution >= 0.6 is 0 Å². The van der Waals surface area contributed by atoms with Crippen LogP contribution in [0.4, 0.5) is 0 Å². The quantitative estimate of drug-likeness (QED) is 0.218. The molecule has 0 aromatic carbocycles. The fourth-order valence-electron chi connectivity index (χ4n) is 2.96. The Morgan fingerprint density at radius 2 is 1.63 bits per heavy atom. The molecule has 1 amide bonds. The number of carbonyl (C=O) groups excluding carboxylic acids is 1. The predicted molar refractivity (Wildman–Crippen MR) is 80.8 cm³/mol. The molecule has 2 rings (SSSR count). The topological polar surface area (TPSA) is 215 Å². The van der Waals surface area contributed by atoms with Crippen LogP contribution in [-0.2, 0) is 23.8 Å². The fourth-order valence-corrected chi connectivity index (χ4v) is 2.96. The van der Waals surface area contributed by atoms with Crippen LogP contribution in [-0.4, -0.2) is 116 Å². The summed E-state index contributed by atoms with van der Waals surface area (Å²) in [7, 11) is 0. The van der Waals surface area contributed by atoms with Crippen molar-refractivity contribution in [2.75, 3.05) is 6.61 Å². The van der Waals surface area contributed by atoms with Gasteiger partial charge in [-0.05, 0) is 0 Å².